The number of amides is 1. The van der Waals surface area contributed by atoms with Crippen LogP contribution in [0.4, 0.5) is 5.69 Å². The molecule has 2 heterocycles. The fourth-order valence-electron chi connectivity index (χ4n) is 5.12. The molecule has 1 aromatic carbocycles. The topological polar surface area (TPSA) is 66.6 Å². The van der Waals surface area contributed by atoms with E-state index in [1.165, 1.54) is 30.9 Å². The van der Waals surface area contributed by atoms with E-state index in [0.29, 0.717) is 11.8 Å². The molecule has 0 spiro atoms. The van der Waals surface area contributed by atoms with Crippen molar-refractivity contribution >= 4 is 17.1 Å². The first-order valence-corrected chi connectivity index (χ1v) is 11.1. The van der Waals surface area contributed by atoms with E-state index in [9.17, 15) is 9.90 Å². The number of imidazole rings is 1. The Labute approximate surface area is 177 Å². The van der Waals surface area contributed by atoms with Crippen LogP contribution in [0, 0.1) is 5.92 Å². The summed E-state index contributed by atoms with van der Waals surface area (Å²) in [6, 6.07) is 12.6. The number of hydrogen-bond donors (Lipinski definition) is 2. The standard InChI is InChI=1S/C25H29N3O2/c1-16(29)27-21-10-8-18(9-11-21)17-2-6-20(7-3-17)25(30)24-23(19-4-5-19)13-12-22-14-26-15-28(22)24/h8-15,17,19-20,25,30H,2-7H2,1H3,(H,27,29)/t17-,20-,25-/m0/s1. The lowest BCUT2D eigenvalue weighted by Crippen LogP contribution is -2.22. The molecule has 0 radical (unpaired) electrons. The number of nitrogens with one attached hydrogen (secondary N) is 1. The molecule has 5 rings (SSSR count). The quantitative estimate of drug-likeness (QED) is 0.617. The average molecular weight is 404 g/mol. The van der Waals surface area contributed by atoms with E-state index in [4.69, 9.17) is 0 Å². The third-order valence-corrected chi connectivity index (χ3v) is 6.87. The molecule has 3 aromatic rings. The van der Waals surface area contributed by atoms with Gasteiger partial charge in [-0.3, -0.25) is 4.79 Å². The first-order chi connectivity index (χ1) is 14.6. The van der Waals surface area contributed by atoms with Crippen LogP contribution in [0.2, 0.25) is 0 Å². The highest BCUT2D eigenvalue weighted by atomic mass is 16.3. The van der Waals surface area contributed by atoms with Crippen molar-refractivity contribution in [3.8, 4) is 0 Å². The smallest absolute Gasteiger partial charge is 0.221 e. The molecule has 2 aliphatic rings. The molecule has 30 heavy (non-hydrogen) atoms. The molecule has 2 N–H and O–H groups in total. The molecule has 2 saturated carbocycles. The second-order valence-corrected chi connectivity index (χ2v) is 9.00. The zero-order chi connectivity index (χ0) is 20.7. The second-order valence-electron chi connectivity index (χ2n) is 9.00. The second kappa shape index (κ2) is 7.88. The van der Waals surface area contributed by atoms with E-state index in [1.807, 2.05) is 24.7 Å². The average Bonchev–Trinajstić information content (AvgIpc) is 3.49. The molecule has 156 valence electrons. The van der Waals surface area contributed by atoms with Gasteiger partial charge in [0.1, 0.15) is 0 Å². The van der Waals surface area contributed by atoms with Gasteiger partial charge in [-0.15, -0.1) is 0 Å². The van der Waals surface area contributed by atoms with Crippen LogP contribution in [0.25, 0.3) is 5.52 Å². The lowest BCUT2D eigenvalue weighted by molar-refractivity contribution is -0.114. The SMILES string of the molecule is CC(=O)Nc1ccc([C@H]2CC[C@H]([C@H](O)c3c(C4CC4)ccc4cncn34)CC2)cc1. The first kappa shape index (κ1) is 19.3. The van der Waals surface area contributed by atoms with Crippen LogP contribution in [0.3, 0.4) is 0 Å². The lowest BCUT2D eigenvalue weighted by atomic mass is 9.75. The van der Waals surface area contributed by atoms with Gasteiger partial charge in [-0.2, -0.15) is 0 Å². The van der Waals surface area contributed by atoms with E-state index in [1.54, 1.807) is 0 Å². The number of rotatable bonds is 5. The molecule has 0 unspecified atom stereocenters. The maximum atomic E-state index is 11.4. The summed E-state index contributed by atoms with van der Waals surface area (Å²) in [6.07, 6.45) is 9.93. The molecule has 0 saturated heterocycles. The van der Waals surface area contributed by atoms with Crippen LogP contribution >= 0.6 is 0 Å². The summed E-state index contributed by atoms with van der Waals surface area (Å²) in [5, 5.41) is 14.2. The predicted molar refractivity (Wildman–Crippen MR) is 118 cm³/mol. The number of pyridine rings is 1. The van der Waals surface area contributed by atoms with Crippen LogP contribution in [0.15, 0.2) is 48.9 Å². The first-order valence-electron chi connectivity index (χ1n) is 11.1. The molecule has 2 aromatic heterocycles. The molecular weight excluding hydrogens is 374 g/mol. The van der Waals surface area contributed by atoms with Gasteiger partial charge < -0.3 is 14.8 Å². The van der Waals surface area contributed by atoms with Gasteiger partial charge in [0, 0.05) is 12.6 Å². The number of aliphatic hydroxyl groups is 1. The van der Waals surface area contributed by atoms with Gasteiger partial charge in [-0.1, -0.05) is 18.2 Å². The summed E-state index contributed by atoms with van der Waals surface area (Å²) >= 11 is 0. The van der Waals surface area contributed by atoms with Crippen molar-refractivity contribution in [2.24, 2.45) is 5.92 Å². The van der Waals surface area contributed by atoms with Crippen molar-refractivity contribution in [1.82, 2.24) is 9.38 Å². The maximum Gasteiger partial charge on any atom is 0.221 e. The molecule has 0 aliphatic heterocycles. The summed E-state index contributed by atoms with van der Waals surface area (Å²) in [7, 11) is 0. The van der Waals surface area contributed by atoms with Crippen LogP contribution in [-0.2, 0) is 4.79 Å². The van der Waals surface area contributed by atoms with E-state index in [2.05, 4.69) is 39.0 Å². The zero-order valence-electron chi connectivity index (χ0n) is 17.4. The Bertz CT molecular complexity index is 1040. The highest BCUT2D eigenvalue weighted by Gasteiger charge is 2.34. The minimum Gasteiger partial charge on any atom is -0.387 e. The maximum absolute atomic E-state index is 11.4. The number of aromatic nitrogens is 2. The highest BCUT2D eigenvalue weighted by molar-refractivity contribution is 5.88. The third-order valence-electron chi connectivity index (χ3n) is 6.87. The minimum atomic E-state index is -0.443. The van der Waals surface area contributed by atoms with Crippen molar-refractivity contribution in [2.45, 2.75) is 63.4 Å². The summed E-state index contributed by atoms with van der Waals surface area (Å²) < 4.78 is 2.10. The van der Waals surface area contributed by atoms with Gasteiger partial charge in [0.2, 0.25) is 5.91 Å². The minimum absolute atomic E-state index is 0.0456. The highest BCUT2D eigenvalue weighted by Crippen LogP contribution is 2.47. The van der Waals surface area contributed by atoms with E-state index >= 15 is 0 Å². The van der Waals surface area contributed by atoms with Gasteiger partial charge in [0.25, 0.3) is 0 Å². The van der Waals surface area contributed by atoms with Crippen LogP contribution in [0.1, 0.15) is 80.2 Å². The van der Waals surface area contributed by atoms with Crippen molar-refractivity contribution < 1.29 is 9.90 Å². The zero-order valence-corrected chi connectivity index (χ0v) is 17.4. The number of hydrogen-bond acceptors (Lipinski definition) is 3. The van der Waals surface area contributed by atoms with Gasteiger partial charge in [0.05, 0.1) is 29.8 Å². The van der Waals surface area contributed by atoms with Gasteiger partial charge in [-0.05, 0) is 85.6 Å². The van der Waals surface area contributed by atoms with E-state index in [0.717, 1.165) is 42.6 Å². The van der Waals surface area contributed by atoms with Crippen LogP contribution in [-0.4, -0.2) is 20.4 Å². The number of nitrogens with zero attached hydrogens (tertiary/aromatic N) is 2. The van der Waals surface area contributed by atoms with Crippen molar-refractivity contribution in [1.29, 1.82) is 0 Å². The summed E-state index contributed by atoms with van der Waals surface area (Å²) in [6.45, 7) is 1.53. The molecule has 2 aliphatic carbocycles. The predicted octanol–water partition coefficient (Wildman–Crippen LogP) is 5.18. The Hall–Kier alpha value is -2.66. The Balaban J connectivity index is 1.30. The van der Waals surface area contributed by atoms with Crippen molar-refractivity contribution in [2.75, 3.05) is 5.32 Å². The van der Waals surface area contributed by atoms with Gasteiger partial charge in [0.15, 0.2) is 0 Å². The molecule has 5 nitrogen and oxygen atoms in total. The molecule has 1 atom stereocenters. The van der Waals surface area contributed by atoms with E-state index < -0.39 is 6.10 Å². The monoisotopic (exact) mass is 403 g/mol. The Morgan fingerprint density at radius 1 is 1.03 bits per heavy atom. The number of anilines is 1. The molecule has 0 bridgehead atoms. The summed E-state index contributed by atoms with van der Waals surface area (Å²) in [5.41, 5.74) is 5.60. The molecule has 1 amide bonds. The number of aliphatic hydroxyl groups excluding tert-OH is 1. The Morgan fingerprint density at radius 3 is 2.40 bits per heavy atom. The van der Waals surface area contributed by atoms with Crippen molar-refractivity contribution in [3.63, 3.8) is 0 Å². The molecule has 2 fully saturated rings. The number of fused-ring (bicyclic) bond motifs is 1. The fraction of sp³-hybridized carbons (Fsp3) is 0.440. The fourth-order valence-corrected chi connectivity index (χ4v) is 5.12. The lowest BCUT2D eigenvalue weighted by Gasteiger charge is -2.33. The van der Waals surface area contributed by atoms with Gasteiger partial charge >= 0.3 is 0 Å². The molecular formula is C25H29N3O2. The number of carbonyl (C=O) groups excluding carboxylic acids is 1. The Kier molecular flexibility index (Phi) is 5.07. The normalized spacial score (nSPS) is 22.7. The number of benzene rings is 1. The van der Waals surface area contributed by atoms with E-state index in [-0.39, 0.29) is 11.8 Å². The summed E-state index contributed by atoms with van der Waals surface area (Å²) in [5.74, 6) is 1.35. The summed E-state index contributed by atoms with van der Waals surface area (Å²) in [4.78, 5) is 15.5. The van der Waals surface area contributed by atoms with Gasteiger partial charge in [-0.25, -0.2) is 4.98 Å². The number of carbonyl (C=O) groups is 1. The van der Waals surface area contributed by atoms with Crippen LogP contribution in [0.5, 0.6) is 0 Å². The Morgan fingerprint density at radius 2 is 1.73 bits per heavy atom. The van der Waals surface area contributed by atoms with Crippen molar-refractivity contribution in [3.05, 3.63) is 65.7 Å². The largest absolute Gasteiger partial charge is 0.387 e. The van der Waals surface area contributed by atoms with Crippen LogP contribution < -0.4 is 5.32 Å². The molecule has 5 heteroatoms. The third kappa shape index (κ3) is 3.74.